The standard InChI is InChI=1S/C20H19NO5/c1-21-5-4-12-6-17-18(25-10-24-17)7-15(12)20(21,22)8-13-2-3-16-19(14(13)9-21)26-11-23-16/h2-3,6-7H,4-5,8-11H2,1H3. The molecular formula is C20H19NO5. The molecule has 0 spiro atoms. The van der Waals surface area contributed by atoms with Crippen molar-refractivity contribution < 1.29 is 28.5 Å². The van der Waals surface area contributed by atoms with E-state index in [1.165, 1.54) is 0 Å². The molecule has 0 aliphatic carbocycles. The number of rotatable bonds is 0. The van der Waals surface area contributed by atoms with Gasteiger partial charge in [-0.25, -0.2) is 0 Å². The molecular weight excluding hydrogens is 334 g/mol. The summed E-state index contributed by atoms with van der Waals surface area (Å²) >= 11 is 0. The van der Waals surface area contributed by atoms with Crippen molar-refractivity contribution >= 4 is 0 Å². The molecule has 2 aromatic rings. The van der Waals surface area contributed by atoms with Crippen molar-refractivity contribution in [1.82, 2.24) is 0 Å². The third-order valence-corrected chi connectivity index (χ3v) is 6.44. The van der Waals surface area contributed by atoms with Gasteiger partial charge in [0.05, 0.1) is 24.9 Å². The smallest absolute Gasteiger partial charge is 0.231 e. The molecule has 134 valence electrons. The Morgan fingerprint density at radius 2 is 1.73 bits per heavy atom. The van der Waals surface area contributed by atoms with Gasteiger partial charge in [-0.05, 0) is 29.3 Å². The number of nitrogens with zero attached hydrogens (tertiary/aromatic N) is 1. The van der Waals surface area contributed by atoms with Crippen molar-refractivity contribution in [2.75, 3.05) is 27.2 Å². The van der Waals surface area contributed by atoms with Crippen molar-refractivity contribution in [2.45, 2.75) is 25.1 Å². The fraction of sp³-hybridized carbons (Fsp3) is 0.400. The number of ether oxygens (including phenoxy) is 4. The van der Waals surface area contributed by atoms with Gasteiger partial charge in [0.15, 0.2) is 23.0 Å². The van der Waals surface area contributed by atoms with Crippen LogP contribution < -0.4 is 24.1 Å². The summed E-state index contributed by atoms with van der Waals surface area (Å²) in [5, 5.41) is 14.3. The molecule has 0 saturated carbocycles. The minimum atomic E-state index is -1.24. The first kappa shape index (κ1) is 14.7. The Morgan fingerprint density at radius 3 is 2.62 bits per heavy atom. The lowest BCUT2D eigenvalue weighted by atomic mass is 9.78. The van der Waals surface area contributed by atoms with Crippen molar-refractivity contribution in [3.63, 3.8) is 0 Å². The second-order valence-corrected chi connectivity index (χ2v) is 7.79. The highest BCUT2D eigenvalue weighted by molar-refractivity contribution is 5.55. The Bertz CT molecular complexity index is 958. The lowest BCUT2D eigenvalue weighted by Crippen LogP contribution is -2.71. The fourth-order valence-corrected chi connectivity index (χ4v) is 4.90. The van der Waals surface area contributed by atoms with E-state index in [0.717, 1.165) is 52.5 Å². The highest BCUT2D eigenvalue weighted by atomic mass is 16.7. The molecule has 6 nitrogen and oxygen atoms in total. The largest absolute Gasteiger partial charge is 0.799 e. The molecule has 0 bridgehead atoms. The van der Waals surface area contributed by atoms with Crippen LogP contribution in [0.5, 0.6) is 23.0 Å². The maximum atomic E-state index is 14.3. The fourth-order valence-electron chi connectivity index (χ4n) is 4.90. The molecule has 0 fully saturated rings. The molecule has 2 atom stereocenters. The zero-order chi connectivity index (χ0) is 17.5. The summed E-state index contributed by atoms with van der Waals surface area (Å²) < 4.78 is 22.7. The summed E-state index contributed by atoms with van der Waals surface area (Å²) in [6.07, 6.45) is 1.29. The zero-order valence-electron chi connectivity index (χ0n) is 14.5. The third kappa shape index (κ3) is 1.68. The van der Waals surface area contributed by atoms with Gasteiger partial charge >= 0.3 is 0 Å². The van der Waals surface area contributed by atoms with E-state index in [-0.39, 0.29) is 13.6 Å². The second-order valence-electron chi connectivity index (χ2n) is 7.79. The predicted molar refractivity (Wildman–Crippen MR) is 89.0 cm³/mol. The van der Waals surface area contributed by atoms with Gasteiger partial charge in [0, 0.05) is 18.4 Å². The van der Waals surface area contributed by atoms with E-state index in [9.17, 15) is 5.11 Å². The van der Waals surface area contributed by atoms with E-state index in [0.29, 0.717) is 23.2 Å². The van der Waals surface area contributed by atoms with Crippen molar-refractivity contribution in [3.8, 4) is 23.0 Å². The summed E-state index contributed by atoms with van der Waals surface area (Å²) in [6, 6.07) is 7.85. The average Bonchev–Trinajstić information content (AvgIpc) is 3.28. The normalized spacial score (nSPS) is 29.8. The van der Waals surface area contributed by atoms with Crippen molar-refractivity contribution in [2.24, 2.45) is 0 Å². The second kappa shape index (κ2) is 4.64. The monoisotopic (exact) mass is 353 g/mol. The van der Waals surface area contributed by atoms with E-state index in [1.807, 2.05) is 24.3 Å². The van der Waals surface area contributed by atoms with E-state index in [1.54, 1.807) is 0 Å². The maximum Gasteiger partial charge on any atom is 0.231 e. The highest BCUT2D eigenvalue weighted by Gasteiger charge is 2.49. The van der Waals surface area contributed by atoms with Crippen LogP contribution in [0.2, 0.25) is 0 Å². The molecule has 2 aromatic carbocycles. The molecule has 0 N–H and O–H groups in total. The number of likely N-dealkylation sites (N-methyl/N-ethyl adjacent to an activating group) is 1. The van der Waals surface area contributed by atoms with Crippen molar-refractivity contribution in [1.29, 1.82) is 0 Å². The van der Waals surface area contributed by atoms with E-state index in [2.05, 4.69) is 7.05 Å². The van der Waals surface area contributed by atoms with Crippen LogP contribution in [0.1, 0.15) is 22.3 Å². The Morgan fingerprint density at radius 1 is 0.962 bits per heavy atom. The van der Waals surface area contributed by atoms with Gasteiger partial charge in [-0.1, -0.05) is 6.07 Å². The molecule has 2 unspecified atom stereocenters. The van der Waals surface area contributed by atoms with Crippen molar-refractivity contribution in [3.05, 3.63) is 46.5 Å². The number of hydrogen-bond acceptors (Lipinski definition) is 5. The molecule has 6 rings (SSSR count). The van der Waals surface area contributed by atoms with Crippen LogP contribution in [0.3, 0.4) is 0 Å². The minimum absolute atomic E-state index is 0.225. The lowest BCUT2D eigenvalue weighted by molar-refractivity contribution is -1.06. The first-order valence-electron chi connectivity index (χ1n) is 8.96. The van der Waals surface area contributed by atoms with E-state index in [4.69, 9.17) is 18.9 Å². The summed E-state index contributed by atoms with van der Waals surface area (Å²) in [5.74, 6) is 3.04. The van der Waals surface area contributed by atoms with Crippen LogP contribution >= 0.6 is 0 Å². The quantitative estimate of drug-likeness (QED) is 0.671. The van der Waals surface area contributed by atoms with Gasteiger partial charge < -0.3 is 28.5 Å². The summed E-state index contributed by atoms with van der Waals surface area (Å²) in [5.41, 5.74) is 2.88. The molecule has 4 aliphatic heterocycles. The Hall–Kier alpha value is -2.44. The van der Waals surface area contributed by atoms with Crippen LogP contribution in [-0.2, 0) is 25.1 Å². The molecule has 0 radical (unpaired) electrons. The molecule has 26 heavy (non-hydrogen) atoms. The van der Waals surface area contributed by atoms with Gasteiger partial charge in [0.1, 0.15) is 6.54 Å². The summed E-state index contributed by atoms with van der Waals surface area (Å²) in [4.78, 5) is 0. The molecule has 0 amide bonds. The predicted octanol–water partition coefficient (Wildman–Crippen LogP) is 1.42. The molecule has 4 heterocycles. The van der Waals surface area contributed by atoms with Crippen LogP contribution in [0.25, 0.3) is 0 Å². The maximum absolute atomic E-state index is 14.3. The SMILES string of the molecule is C[N+]12CCc3cc4c(cc3C1([O-])Cc1ccc3c(c1C2)OCO3)OCO4. The minimum Gasteiger partial charge on any atom is -0.799 e. The zero-order valence-corrected chi connectivity index (χ0v) is 14.5. The van der Waals surface area contributed by atoms with Crippen LogP contribution in [0, 0.1) is 0 Å². The topological polar surface area (TPSA) is 60.0 Å². The summed E-state index contributed by atoms with van der Waals surface area (Å²) in [6.45, 7) is 1.92. The van der Waals surface area contributed by atoms with Gasteiger partial charge in [-0.15, -0.1) is 0 Å². The molecule has 6 heteroatoms. The molecule has 0 aromatic heterocycles. The Kier molecular flexibility index (Phi) is 2.62. The van der Waals surface area contributed by atoms with E-state index < -0.39 is 5.72 Å². The summed E-state index contributed by atoms with van der Waals surface area (Å²) in [7, 11) is 2.07. The van der Waals surface area contributed by atoms with Gasteiger partial charge in [0.25, 0.3) is 0 Å². The number of benzene rings is 2. The average molecular weight is 353 g/mol. The Balaban J connectivity index is 1.54. The molecule has 0 saturated heterocycles. The molecule has 4 aliphatic rings. The Labute approximate surface area is 151 Å². The lowest BCUT2D eigenvalue weighted by Gasteiger charge is -2.61. The highest BCUT2D eigenvalue weighted by Crippen LogP contribution is 2.50. The van der Waals surface area contributed by atoms with Crippen LogP contribution in [-0.4, -0.2) is 31.7 Å². The van der Waals surface area contributed by atoms with Crippen LogP contribution in [0.15, 0.2) is 24.3 Å². The van der Waals surface area contributed by atoms with E-state index >= 15 is 0 Å². The third-order valence-electron chi connectivity index (χ3n) is 6.44. The van der Waals surface area contributed by atoms with Gasteiger partial charge in [-0.2, -0.15) is 0 Å². The van der Waals surface area contributed by atoms with Gasteiger partial charge in [0.2, 0.25) is 13.6 Å². The number of hydrogen-bond donors (Lipinski definition) is 0. The first-order valence-corrected chi connectivity index (χ1v) is 8.96. The number of quaternary nitrogens is 1. The van der Waals surface area contributed by atoms with Crippen LogP contribution in [0.4, 0.5) is 0 Å². The number of fused-ring (bicyclic) bond motifs is 7. The first-order chi connectivity index (χ1) is 12.6. The van der Waals surface area contributed by atoms with Gasteiger partial charge in [-0.3, -0.25) is 0 Å².